The maximum absolute atomic E-state index is 5.18. The van der Waals surface area contributed by atoms with E-state index in [1.165, 1.54) is 0 Å². The number of hydrogen-bond donors (Lipinski definition) is 0. The second-order valence-electron chi connectivity index (χ2n) is 1.98. The lowest BCUT2D eigenvalue weighted by Crippen LogP contribution is -2.02. The van der Waals surface area contributed by atoms with Crippen LogP contribution in [0, 0.1) is 12.3 Å². The minimum Gasteiger partial charge on any atom is -0.465 e. The molecule has 11 heavy (non-hydrogen) atoms. The summed E-state index contributed by atoms with van der Waals surface area (Å²) < 4.78 is 6.93. The van der Waals surface area contributed by atoms with Gasteiger partial charge in [-0.15, -0.1) is 6.42 Å². The van der Waals surface area contributed by atoms with Gasteiger partial charge in [-0.1, -0.05) is 5.92 Å². The topological polar surface area (TPSA) is 27.1 Å². The number of rotatable bonds is 3. The highest BCUT2D eigenvalue weighted by Gasteiger charge is 1.98. The van der Waals surface area contributed by atoms with E-state index in [1.807, 2.05) is 6.92 Å². The predicted molar refractivity (Wildman–Crippen MR) is 42.2 cm³/mol. The first-order valence-electron chi connectivity index (χ1n) is 3.46. The lowest BCUT2D eigenvalue weighted by atomic mass is 10.6. The van der Waals surface area contributed by atoms with E-state index in [1.54, 1.807) is 16.9 Å². The van der Waals surface area contributed by atoms with Crippen LogP contribution in [0.25, 0.3) is 0 Å². The van der Waals surface area contributed by atoms with Crippen molar-refractivity contribution in [3.63, 3.8) is 0 Å². The molecule has 1 rings (SSSR count). The first-order valence-corrected chi connectivity index (χ1v) is 3.46. The molecule has 3 heteroatoms. The second-order valence-corrected chi connectivity index (χ2v) is 1.98. The molecule has 0 bridgehead atoms. The molecule has 0 spiro atoms. The highest BCUT2D eigenvalue weighted by molar-refractivity contribution is 5.08. The Morgan fingerprint density at radius 3 is 3.27 bits per heavy atom. The van der Waals surface area contributed by atoms with Gasteiger partial charge in [0.05, 0.1) is 6.20 Å². The molecule has 0 N–H and O–H groups in total. The van der Waals surface area contributed by atoms with Gasteiger partial charge in [0.15, 0.2) is 6.61 Å². The van der Waals surface area contributed by atoms with E-state index < -0.39 is 0 Å². The monoisotopic (exact) mass is 150 g/mol. The second kappa shape index (κ2) is 3.67. The van der Waals surface area contributed by atoms with Crippen molar-refractivity contribution in [1.82, 2.24) is 9.78 Å². The molecule has 0 atom stereocenters. The van der Waals surface area contributed by atoms with Crippen molar-refractivity contribution in [2.24, 2.45) is 0 Å². The van der Waals surface area contributed by atoms with E-state index >= 15 is 0 Å². The third-order valence-corrected chi connectivity index (χ3v) is 1.28. The molecule has 58 valence electrons. The quantitative estimate of drug-likeness (QED) is 0.599. The van der Waals surface area contributed by atoms with Crippen molar-refractivity contribution in [3.8, 4) is 18.2 Å². The Kier molecular flexibility index (Phi) is 2.56. The maximum Gasteiger partial charge on any atom is 0.212 e. The zero-order chi connectivity index (χ0) is 8.10. The number of hydrogen-bond acceptors (Lipinski definition) is 2. The summed E-state index contributed by atoms with van der Waals surface area (Å²) in [4.78, 5) is 0. The molecule has 0 aliphatic rings. The third-order valence-electron chi connectivity index (χ3n) is 1.28. The molecule has 0 unspecified atom stereocenters. The van der Waals surface area contributed by atoms with Crippen LogP contribution in [-0.2, 0) is 6.54 Å². The highest BCUT2D eigenvalue weighted by atomic mass is 16.5. The van der Waals surface area contributed by atoms with Crippen LogP contribution in [0.1, 0.15) is 6.92 Å². The molecule has 0 saturated heterocycles. The minimum atomic E-state index is 0.297. The first kappa shape index (κ1) is 7.67. The zero-order valence-corrected chi connectivity index (χ0v) is 6.45. The van der Waals surface area contributed by atoms with Gasteiger partial charge in [0.25, 0.3) is 0 Å². The van der Waals surface area contributed by atoms with Crippen molar-refractivity contribution >= 4 is 0 Å². The highest BCUT2D eigenvalue weighted by Crippen LogP contribution is 2.07. The summed E-state index contributed by atoms with van der Waals surface area (Å²) in [5.74, 6) is 3.12. The van der Waals surface area contributed by atoms with E-state index in [4.69, 9.17) is 11.2 Å². The molecular formula is C8H10N2O. The van der Waals surface area contributed by atoms with Gasteiger partial charge in [-0.05, 0) is 6.92 Å². The van der Waals surface area contributed by atoms with E-state index in [2.05, 4.69) is 11.0 Å². The number of ether oxygens (including phenoxy) is 1. The smallest absolute Gasteiger partial charge is 0.212 e. The van der Waals surface area contributed by atoms with E-state index in [0.717, 1.165) is 12.4 Å². The van der Waals surface area contributed by atoms with Gasteiger partial charge in [0, 0.05) is 12.6 Å². The van der Waals surface area contributed by atoms with Crippen LogP contribution in [0.3, 0.4) is 0 Å². The zero-order valence-electron chi connectivity index (χ0n) is 6.45. The van der Waals surface area contributed by atoms with Crippen LogP contribution in [0.15, 0.2) is 12.3 Å². The normalized spacial score (nSPS) is 9.09. The summed E-state index contributed by atoms with van der Waals surface area (Å²) in [5.41, 5.74) is 0. The molecular weight excluding hydrogens is 140 g/mol. The molecule has 0 radical (unpaired) electrons. The summed E-state index contributed by atoms with van der Waals surface area (Å²) in [6, 6.07) is 1.79. The predicted octanol–water partition coefficient (Wildman–Crippen LogP) is 0.915. The molecule has 1 aromatic rings. The van der Waals surface area contributed by atoms with Crippen molar-refractivity contribution < 1.29 is 4.74 Å². The van der Waals surface area contributed by atoms with Crippen LogP contribution in [0.4, 0.5) is 0 Å². The fraction of sp³-hybridized carbons (Fsp3) is 0.375. The summed E-state index contributed by atoms with van der Waals surface area (Å²) in [7, 11) is 0. The van der Waals surface area contributed by atoms with Crippen LogP contribution in [0.2, 0.25) is 0 Å². The van der Waals surface area contributed by atoms with Crippen LogP contribution in [-0.4, -0.2) is 16.4 Å². The fourth-order valence-electron chi connectivity index (χ4n) is 0.796. The molecule has 0 aliphatic heterocycles. The first-order chi connectivity index (χ1) is 5.38. The maximum atomic E-state index is 5.18. The Morgan fingerprint density at radius 2 is 2.64 bits per heavy atom. The van der Waals surface area contributed by atoms with Crippen LogP contribution < -0.4 is 4.74 Å². The summed E-state index contributed by atoms with van der Waals surface area (Å²) >= 11 is 0. The number of terminal acetylenes is 1. The number of aryl methyl sites for hydroxylation is 1. The van der Waals surface area contributed by atoms with Gasteiger partial charge in [-0.2, -0.15) is 5.10 Å². The molecule has 0 saturated carbocycles. The number of aromatic nitrogens is 2. The van der Waals surface area contributed by atoms with E-state index in [9.17, 15) is 0 Å². The molecule has 0 aliphatic carbocycles. The van der Waals surface area contributed by atoms with Gasteiger partial charge in [-0.25, -0.2) is 4.68 Å². The molecule has 1 aromatic heterocycles. The van der Waals surface area contributed by atoms with Crippen molar-refractivity contribution in [2.75, 3.05) is 6.61 Å². The van der Waals surface area contributed by atoms with Crippen LogP contribution >= 0.6 is 0 Å². The number of nitrogens with zero attached hydrogens (tertiary/aromatic N) is 2. The van der Waals surface area contributed by atoms with Crippen molar-refractivity contribution in [1.29, 1.82) is 0 Å². The molecule has 0 amide bonds. The lowest BCUT2D eigenvalue weighted by Gasteiger charge is -2.02. The Bertz CT molecular complexity index is 259. The summed E-state index contributed by atoms with van der Waals surface area (Å²) in [6.45, 7) is 3.09. The molecule has 1 heterocycles. The lowest BCUT2D eigenvalue weighted by molar-refractivity contribution is 0.328. The summed E-state index contributed by atoms with van der Waals surface area (Å²) in [5, 5.41) is 4.01. The van der Waals surface area contributed by atoms with Crippen molar-refractivity contribution in [2.45, 2.75) is 13.5 Å². The Balaban J connectivity index is 2.62. The average molecular weight is 150 g/mol. The molecule has 0 fully saturated rings. The van der Waals surface area contributed by atoms with E-state index in [-0.39, 0.29) is 0 Å². The van der Waals surface area contributed by atoms with Gasteiger partial charge in [0.1, 0.15) is 0 Å². The van der Waals surface area contributed by atoms with Crippen molar-refractivity contribution in [3.05, 3.63) is 12.3 Å². The Hall–Kier alpha value is -1.43. The SMILES string of the molecule is C#CCOc1ccnn1CC. The Labute approximate surface area is 66.0 Å². The minimum absolute atomic E-state index is 0.297. The summed E-state index contributed by atoms with van der Waals surface area (Å²) in [6.07, 6.45) is 6.72. The fourth-order valence-corrected chi connectivity index (χ4v) is 0.796. The van der Waals surface area contributed by atoms with E-state index in [0.29, 0.717) is 6.61 Å². The van der Waals surface area contributed by atoms with Gasteiger partial charge >= 0.3 is 0 Å². The standard InChI is InChI=1S/C8H10N2O/c1-3-7-11-8-5-6-9-10(8)4-2/h1,5-6H,4,7H2,2H3. The van der Waals surface area contributed by atoms with Gasteiger partial charge in [0.2, 0.25) is 5.88 Å². The molecule has 3 nitrogen and oxygen atoms in total. The largest absolute Gasteiger partial charge is 0.465 e. The third kappa shape index (κ3) is 1.74. The van der Waals surface area contributed by atoms with Gasteiger partial charge in [-0.3, -0.25) is 0 Å². The molecule has 0 aromatic carbocycles. The van der Waals surface area contributed by atoms with Crippen LogP contribution in [0.5, 0.6) is 5.88 Å². The Morgan fingerprint density at radius 1 is 1.82 bits per heavy atom. The average Bonchev–Trinajstić information content (AvgIpc) is 2.47. The van der Waals surface area contributed by atoms with Gasteiger partial charge < -0.3 is 4.74 Å².